The van der Waals surface area contributed by atoms with E-state index in [1.807, 2.05) is 12.3 Å². The number of fused-ring (bicyclic) bond motifs is 5. The van der Waals surface area contributed by atoms with Crippen molar-refractivity contribution in [1.82, 2.24) is 4.98 Å². The molecule has 268 valence electrons. The van der Waals surface area contributed by atoms with E-state index in [0.29, 0.717) is 17.4 Å². The first-order chi connectivity index (χ1) is 24.1. The van der Waals surface area contributed by atoms with Gasteiger partial charge in [0.05, 0.1) is 0 Å². The molecular formula is C46H47N3O2Pt. The van der Waals surface area contributed by atoms with E-state index in [1.165, 1.54) is 27.8 Å². The van der Waals surface area contributed by atoms with E-state index >= 15 is 0 Å². The van der Waals surface area contributed by atoms with Gasteiger partial charge in [0.1, 0.15) is 23.9 Å². The number of aromatic nitrogens is 1. The molecule has 5 nitrogen and oxygen atoms in total. The third-order valence-corrected chi connectivity index (χ3v) is 11.1. The van der Waals surface area contributed by atoms with Crippen LogP contribution in [0, 0.1) is 32.9 Å². The minimum atomic E-state index is -0.251. The fourth-order valence-corrected chi connectivity index (χ4v) is 8.24. The van der Waals surface area contributed by atoms with Crippen LogP contribution in [0.3, 0.4) is 0 Å². The first kappa shape index (κ1) is 36.2. The molecule has 0 fully saturated rings. The molecule has 2 aliphatic heterocycles. The first-order valence-electron chi connectivity index (χ1n) is 18.1. The average Bonchev–Trinajstić information content (AvgIpc) is 3.48. The maximum atomic E-state index is 6.70. The number of aliphatic imine (C=N–C) groups is 1. The number of nitrogens with zero attached hydrogens (tertiary/aromatic N) is 3. The van der Waals surface area contributed by atoms with E-state index in [9.17, 15) is 0 Å². The van der Waals surface area contributed by atoms with Gasteiger partial charge in [-0.25, -0.2) is 4.98 Å². The Labute approximate surface area is 323 Å². The van der Waals surface area contributed by atoms with Crippen molar-refractivity contribution in [2.45, 2.75) is 104 Å². The fraction of sp³-hybridized carbons (Fsp3) is 0.348. The molecule has 6 heteroatoms. The van der Waals surface area contributed by atoms with Gasteiger partial charge in [0.15, 0.2) is 0 Å². The summed E-state index contributed by atoms with van der Waals surface area (Å²) in [7, 11) is 0. The van der Waals surface area contributed by atoms with Crippen molar-refractivity contribution in [3.8, 4) is 11.5 Å². The fourth-order valence-electron chi connectivity index (χ4n) is 8.24. The number of para-hydroxylation sites is 1. The third kappa shape index (κ3) is 5.99. The van der Waals surface area contributed by atoms with Crippen LogP contribution in [0.2, 0.25) is 0 Å². The Hall–Kier alpha value is -4.21. The number of pyridine rings is 1. The summed E-state index contributed by atoms with van der Waals surface area (Å²) in [4.78, 5) is 12.3. The Balaban J connectivity index is 0.00000420. The maximum Gasteiger partial charge on any atom is 2.00 e. The molecule has 1 aromatic heterocycles. The van der Waals surface area contributed by atoms with Crippen LogP contribution in [0.4, 0.5) is 17.2 Å². The first-order valence-corrected chi connectivity index (χ1v) is 18.1. The van der Waals surface area contributed by atoms with Crippen molar-refractivity contribution in [3.05, 3.63) is 141 Å². The predicted molar refractivity (Wildman–Crippen MR) is 206 cm³/mol. The summed E-state index contributed by atoms with van der Waals surface area (Å²) in [5, 5.41) is 0. The summed E-state index contributed by atoms with van der Waals surface area (Å²) in [5.74, 6) is 2.75. The molecule has 3 heterocycles. The van der Waals surface area contributed by atoms with E-state index in [2.05, 4.69) is 153 Å². The number of hydrogen-bond donors (Lipinski definition) is 0. The second kappa shape index (κ2) is 12.7. The topological polar surface area (TPSA) is 47.0 Å². The zero-order valence-electron chi connectivity index (χ0n) is 31.8. The maximum absolute atomic E-state index is 6.70. The zero-order chi connectivity index (χ0) is 36.0. The van der Waals surface area contributed by atoms with Gasteiger partial charge >= 0.3 is 21.1 Å². The number of benzene rings is 4. The number of rotatable bonds is 4. The van der Waals surface area contributed by atoms with Crippen LogP contribution >= 0.6 is 0 Å². The van der Waals surface area contributed by atoms with Crippen LogP contribution < -0.4 is 9.64 Å². The summed E-state index contributed by atoms with van der Waals surface area (Å²) in [6.45, 7) is 22.2. The summed E-state index contributed by atoms with van der Waals surface area (Å²) >= 11 is 0. The summed E-state index contributed by atoms with van der Waals surface area (Å²) in [6, 6.07) is 33.3. The number of anilines is 3. The van der Waals surface area contributed by atoms with Crippen LogP contribution in [-0.4, -0.2) is 17.0 Å². The molecule has 0 N–H and O–H groups in total. The van der Waals surface area contributed by atoms with Gasteiger partial charge in [-0.3, -0.25) is 4.99 Å². The standard InChI is InChI=1S/C46H47N3O2.Pt/c1-27-15-17-32-36(21-27)45(7,8)26-40-42(32)48-43(51-40)33-25-39(29(3)22-28(33)2)50-31-16-18-35-38(24-31)49(37-14-12-11-13-34(37)46(35,9)10)41-23-30(19-20-47-41)44(4,5)6;/h11-23,40,42H,26H2,1-10H3;/q-2;+2/t40-,42+;/m0./s1. The SMILES string of the molecule is Cc1ccc2c(c1)C(C)(C)C[C@@H]1OC(c3[c-]c(Oc4[c-]c5c(cc4)C(C)(C)c4ccccc4N5c4cc(C(C)(C)C)ccn4)c(C)cc3C)=N[C@H]21.[Pt+2]. The Bertz CT molecular complexity index is 2250. The Kier molecular flexibility index (Phi) is 8.85. The molecule has 0 radical (unpaired) electrons. The van der Waals surface area contributed by atoms with Crippen LogP contribution in [0.25, 0.3) is 0 Å². The van der Waals surface area contributed by atoms with E-state index in [0.717, 1.165) is 45.9 Å². The Morgan fingerprint density at radius 3 is 2.38 bits per heavy atom. The monoisotopic (exact) mass is 868 g/mol. The van der Waals surface area contributed by atoms with Crippen molar-refractivity contribution in [2.75, 3.05) is 4.90 Å². The number of ether oxygens (including phenoxy) is 2. The molecule has 3 aliphatic rings. The average molecular weight is 869 g/mol. The second-order valence-electron chi connectivity index (χ2n) is 16.9. The van der Waals surface area contributed by atoms with Gasteiger partial charge in [-0.15, -0.1) is 29.3 Å². The Morgan fingerprint density at radius 2 is 1.62 bits per heavy atom. The molecule has 0 saturated carbocycles. The molecule has 0 saturated heterocycles. The van der Waals surface area contributed by atoms with Crippen molar-refractivity contribution in [2.24, 2.45) is 4.99 Å². The summed E-state index contributed by atoms with van der Waals surface area (Å²) < 4.78 is 13.4. The zero-order valence-corrected chi connectivity index (χ0v) is 34.1. The smallest absolute Gasteiger partial charge is 0.514 e. The Morgan fingerprint density at radius 1 is 0.846 bits per heavy atom. The molecule has 0 amide bonds. The largest absolute Gasteiger partial charge is 2.00 e. The molecule has 5 aromatic rings. The minimum Gasteiger partial charge on any atom is -0.514 e. The number of aryl methyl sites for hydroxylation is 3. The molecule has 2 atom stereocenters. The van der Waals surface area contributed by atoms with Crippen LogP contribution in [0.5, 0.6) is 11.5 Å². The molecule has 52 heavy (non-hydrogen) atoms. The number of hydrogen-bond acceptors (Lipinski definition) is 5. The van der Waals surface area contributed by atoms with Crippen LogP contribution in [0.15, 0.2) is 84.0 Å². The molecule has 0 spiro atoms. The van der Waals surface area contributed by atoms with E-state index in [-0.39, 0.29) is 49.5 Å². The van der Waals surface area contributed by atoms with E-state index in [1.54, 1.807) is 0 Å². The van der Waals surface area contributed by atoms with Gasteiger partial charge in [0, 0.05) is 23.4 Å². The van der Waals surface area contributed by atoms with E-state index < -0.39 is 0 Å². The van der Waals surface area contributed by atoms with Crippen LogP contribution in [-0.2, 0) is 42.0 Å². The molecular weight excluding hydrogens is 822 g/mol. The van der Waals surface area contributed by atoms with Crippen LogP contribution in [0.1, 0.15) is 111 Å². The van der Waals surface area contributed by atoms with Gasteiger partial charge in [0.25, 0.3) is 0 Å². The third-order valence-electron chi connectivity index (χ3n) is 11.1. The molecule has 1 aliphatic carbocycles. The van der Waals surface area contributed by atoms with Gasteiger partial charge in [-0.1, -0.05) is 127 Å². The van der Waals surface area contributed by atoms with Crippen molar-refractivity contribution >= 4 is 23.1 Å². The van der Waals surface area contributed by atoms with Gasteiger partial charge < -0.3 is 14.4 Å². The summed E-state index contributed by atoms with van der Waals surface area (Å²) in [6.07, 6.45) is 2.80. The minimum absolute atomic E-state index is 0. The van der Waals surface area contributed by atoms with E-state index in [4.69, 9.17) is 19.5 Å². The molecule has 8 rings (SSSR count). The quantitative estimate of drug-likeness (QED) is 0.169. The molecule has 4 aromatic carbocycles. The van der Waals surface area contributed by atoms with Crippen molar-refractivity contribution in [3.63, 3.8) is 0 Å². The van der Waals surface area contributed by atoms with Crippen molar-refractivity contribution < 1.29 is 30.5 Å². The predicted octanol–water partition coefficient (Wildman–Crippen LogP) is 11.4. The normalized spacial score (nSPS) is 19.3. The van der Waals surface area contributed by atoms with Gasteiger partial charge in [-0.05, 0) is 70.0 Å². The molecule has 0 bridgehead atoms. The summed E-state index contributed by atoms with van der Waals surface area (Å²) in [5.41, 5.74) is 12.2. The van der Waals surface area contributed by atoms with Crippen molar-refractivity contribution in [1.29, 1.82) is 0 Å². The second-order valence-corrected chi connectivity index (χ2v) is 16.9. The molecule has 0 unspecified atom stereocenters. The van der Waals surface area contributed by atoms with Gasteiger partial charge in [0.2, 0.25) is 0 Å². The van der Waals surface area contributed by atoms with Gasteiger partial charge in [-0.2, -0.15) is 6.07 Å².